The largest absolute Gasteiger partial charge is 0.297 e. The zero-order valence-corrected chi connectivity index (χ0v) is 13.5. The Labute approximate surface area is 139 Å². The first-order valence-corrected chi connectivity index (χ1v) is 8.88. The molecule has 2 aromatic heterocycles. The number of thiazole rings is 1. The van der Waals surface area contributed by atoms with Gasteiger partial charge in [-0.25, -0.2) is 22.2 Å². The molecule has 3 aromatic rings. The SMILES string of the molecule is O=C(Cc1cn2ccsc2n1)NNS(=O)(=O)c1ccc(F)c(F)c1. The summed E-state index contributed by atoms with van der Waals surface area (Å²) in [4.78, 5) is 18.0. The van der Waals surface area contributed by atoms with Crippen LogP contribution < -0.4 is 10.3 Å². The summed E-state index contributed by atoms with van der Waals surface area (Å²) in [6, 6.07) is 2.09. The van der Waals surface area contributed by atoms with Gasteiger partial charge in [0.25, 0.3) is 10.0 Å². The quantitative estimate of drug-likeness (QED) is 0.659. The first-order valence-electron chi connectivity index (χ1n) is 6.52. The van der Waals surface area contributed by atoms with Gasteiger partial charge in [-0.1, -0.05) is 0 Å². The lowest BCUT2D eigenvalue weighted by molar-refractivity contribution is -0.120. The van der Waals surface area contributed by atoms with E-state index in [0.717, 1.165) is 6.07 Å². The van der Waals surface area contributed by atoms with Gasteiger partial charge in [0.05, 0.1) is 17.0 Å². The molecular formula is C13H10F2N4O3S2. The van der Waals surface area contributed by atoms with Gasteiger partial charge in [0.1, 0.15) is 0 Å². The molecule has 0 spiro atoms. The van der Waals surface area contributed by atoms with Gasteiger partial charge >= 0.3 is 0 Å². The van der Waals surface area contributed by atoms with Crippen molar-refractivity contribution in [2.45, 2.75) is 11.3 Å². The molecule has 7 nitrogen and oxygen atoms in total. The molecule has 0 aliphatic rings. The molecule has 1 amide bonds. The Morgan fingerprint density at radius 1 is 1.29 bits per heavy atom. The van der Waals surface area contributed by atoms with Crippen LogP contribution >= 0.6 is 11.3 Å². The molecule has 0 bridgehead atoms. The van der Waals surface area contributed by atoms with E-state index in [1.165, 1.54) is 11.3 Å². The Bertz CT molecular complexity index is 985. The summed E-state index contributed by atoms with van der Waals surface area (Å²) in [7, 11) is -4.21. The summed E-state index contributed by atoms with van der Waals surface area (Å²) in [5, 5.41) is 1.84. The zero-order valence-electron chi connectivity index (χ0n) is 11.9. The number of amides is 1. The first-order chi connectivity index (χ1) is 11.3. The van der Waals surface area contributed by atoms with Crippen molar-refractivity contribution in [3.8, 4) is 0 Å². The van der Waals surface area contributed by atoms with Crippen LogP contribution in [0, 0.1) is 11.6 Å². The van der Waals surface area contributed by atoms with Crippen molar-refractivity contribution in [1.82, 2.24) is 19.6 Å². The number of fused-ring (bicyclic) bond motifs is 1. The number of hydrogen-bond donors (Lipinski definition) is 2. The van der Waals surface area contributed by atoms with Gasteiger partial charge in [-0.05, 0) is 18.2 Å². The van der Waals surface area contributed by atoms with E-state index < -0.39 is 32.5 Å². The Balaban J connectivity index is 1.64. The molecule has 126 valence electrons. The second-order valence-corrected chi connectivity index (χ2v) is 7.29. The minimum atomic E-state index is -4.21. The smallest absolute Gasteiger partial charge is 0.257 e. The summed E-state index contributed by atoms with van der Waals surface area (Å²) in [6.45, 7) is 0. The number of imidazole rings is 1. The number of hydrogen-bond acceptors (Lipinski definition) is 5. The van der Waals surface area contributed by atoms with Crippen molar-refractivity contribution < 1.29 is 22.0 Å². The highest BCUT2D eigenvalue weighted by atomic mass is 32.2. The molecular weight excluding hydrogens is 362 g/mol. The molecule has 2 heterocycles. The zero-order chi connectivity index (χ0) is 17.3. The highest BCUT2D eigenvalue weighted by Crippen LogP contribution is 2.13. The maximum absolute atomic E-state index is 13.1. The number of aromatic nitrogens is 2. The standard InChI is InChI=1S/C13H10F2N4O3S2/c14-10-2-1-9(6-11(10)15)24(21,22)18-17-12(20)5-8-7-19-3-4-23-13(19)16-8/h1-4,6-7,18H,5H2,(H,17,20). The van der Waals surface area contributed by atoms with Crippen molar-refractivity contribution in [2.75, 3.05) is 0 Å². The molecule has 24 heavy (non-hydrogen) atoms. The second kappa shape index (κ2) is 6.26. The highest BCUT2D eigenvalue weighted by Gasteiger charge is 2.18. The molecule has 0 fully saturated rings. The van der Waals surface area contributed by atoms with Crippen molar-refractivity contribution in [2.24, 2.45) is 0 Å². The Morgan fingerprint density at radius 2 is 2.08 bits per heavy atom. The number of sulfonamides is 1. The molecule has 1 aromatic carbocycles. The molecule has 0 atom stereocenters. The van der Waals surface area contributed by atoms with Gasteiger partial charge in [0, 0.05) is 17.8 Å². The lowest BCUT2D eigenvalue weighted by Crippen LogP contribution is -2.42. The molecule has 3 rings (SSSR count). The van der Waals surface area contributed by atoms with Gasteiger partial charge in [-0.2, -0.15) is 0 Å². The Kier molecular flexibility index (Phi) is 4.30. The van der Waals surface area contributed by atoms with Crippen molar-refractivity contribution in [3.05, 3.63) is 53.3 Å². The third kappa shape index (κ3) is 3.42. The van der Waals surface area contributed by atoms with Crippen LogP contribution in [0.3, 0.4) is 0 Å². The molecule has 0 aliphatic carbocycles. The number of nitrogens with one attached hydrogen (secondary N) is 2. The van der Waals surface area contributed by atoms with E-state index in [-0.39, 0.29) is 6.42 Å². The van der Waals surface area contributed by atoms with E-state index in [2.05, 4.69) is 4.98 Å². The molecule has 0 saturated carbocycles. The van der Waals surface area contributed by atoms with Gasteiger partial charge < -0.3 is 0 Å². The summed E-state index contributed by atoms with van der Waals surface area (Å²) in [6.07, 6.45) is 3.28. The third-order valence-electron chi connectivity index (χ3n) is 3.01. The summed E-state index contributed by atoms with van der Waals surface area (Å²) < 4.78 is 51.5. The minimum Gasteiger partial charge on any atom is -0.297 e. The number of benzene rings is 1. The molecule has 11 heteroatoms. The average Bonchev–Trinajstić information content (AvgIpc) is 3.09. The van der Waals surface area contributed by atoms with E-state index in [4.69, 9.17) is 0 Å². The monoisotopic (exact) mass is 372 g/mol. The Hall–Kier alpha value is -2.37. The lowest BCUT2D eigenvalue weighted by atomic mass is 10.3. The van der Waals surface area contributed by atoms with Crippen LogP contribution in [-0.2, 0) is 21.2 Å². The predicted octanol–water partition coefficient (Wildman–Crippen LogP) is 1.23. The van der Waals surface area contributed by atoms with Crippen LogP contribution in [0.5, 0.6) is 0 Å². The van der Waals surface area contributed by atoms with Crippen LogP contribution in [0.1, 0.15) is 5.69 Å². The third-order valence-corrected chi connectivity index (χ3v) is 5.03. The van der Waals surface area contributed by atoms with Gasteiger partial charge in [-0.3, -0.25) is 14.6 Å². The van der Waals surface area contributed by atoms with Crippen molar-refractivity contribution in [3.63, 3.8) is 0 Å². The van der Waals surface area contributed by atoms with Gasteiger partial charge in [0.15, 0.2) is 16.6 Å². The summed E-state index contributed by atoms with van der Waals surface area (Å²) >= 11 is 1.40. The fourth-order valence-electron chi connectivity index (χ4n) is 1.90. The normalized spacial score (nSPS) is 11.8. The first kappa shape index (κ1) is 16.5. The average molecular weight is 372 g/mol. The summed E-state index contributed by atoms with van der Waals surface area (Å²) in [5.41, 5.74) is 2.47. The van der Waals surface area contributed by atoms with Crippen LogP contribution in [0.25, 0.3) is 4.96 Å². The van der Waals surface area contributed by atoms with Crippen molar-refractivity contribution >= 4 is 32.2 Å². The van der Waals surface area contributed by atoms with E-state index in [9.17, 15) is 22.0 Å². The number of carbonyl (C=O) groups excluding carboxylic acids is 1. The van der Waals surface area contributed by atoms with E-state index in [1.807, 2.05) is 15.6 Å². The number of halogens is 2. The number of carbonyl (C=O) groups is 1. The minimum absolute atomic E-state index is 0.144. The molecule has 0 saturated heterocycles. The Morgan fingerprint density at radius 3 is 2.79 bits per heavy atom. The fraction of sp³-hybridized carbons (Fsp3) is 0.0769. The fourth-order valence-corrected chi connectivity index (χ4v) is 3.49. The second-order valence-electron chi connectivity index (χ2n) is 4.73. The maximum Gasteiger partial charge on any atom is 0.257 e. The van der Waals surface area contributed by atoms with Crippen LogP contribution in [0.2, 0.25) is 0 Å². The van der Waals surface area contributed by atoms with Crippen molar-refractivity contribution in [1.29, 1.82) is 0 Å². The van der Waals surface area contributed by atoms with E-state index >= 15 is 0 Å². The van der Waals surface area contributed by atoms with Gasteiger partial charge in [-0.15, -0.1) is 16.2 Å². The lowest BCUT2D eigenvalue weighted by Gasteiger charge is -2.08. The molecule has 0 radical (unpaired) electrons. The maximum atomic E-state index is 13.1. The number of hydrazine groups is 1. The van der Waals surface area contributed by atoms with Crippen LogP contribution in [0.15, 0.2) is 40.9 Å². The predicted molar refractivity (Wildman–Crippen MR) is 81.6 cm³/mol. The number of nitrogens with zero attached hydrogens (tertiary/aromatic N) is 2. The molecule has 0 aliphatic heterocycles. The highest BCUT2D eigenvalue weighted by molar-refractivity contribution is 7.89. The molecule has 0 unspecified atom stereocenters. The van der Waals surface area contributed by atoms with Crippen LogP contribution in [-0.4, -0.2) is 23.7 Å². The van der Waals surface area contributed by atoms with E-state index in [0.29, 0.717) is 22.8 Å². The topological polar surface area (TPSA) is 92.6 Å². The van der Waals surface area contributed by atoms with Gasteiger partial charge in [0.2, 0.25) is 5.91 Å². The summed E-state index contributed by atoms with van der Waals surface area (Å²) in [5.74, 6) is -3.12. The molecule has 2 N–H and O–H groups in total. The van der Waals surface area contributed by atoms with E-state index in [1.54, 1.807) is 16.8 Å². The number of rotatable bonds is 5. The van der Waals surface area contributed by atoms with Crippen LogP contribution in [0.4, 0.5) is 8.78 Å².